The highest BCUT2D eigenvalue weighted by Gasteiger charge is 2.32. The maximum atomic E-state index is 13.2. The molecule has 0 radical (unpaired) electrons. The lowest BCUT2D eigenvalue weighted by Gasteiger charge is -2.14. The number of hydrogen-bond acceptors (Lipinski definition) is 8. The molecule has 4 aromatic rings. The van der Waals surface area contributed by atoms with E-state index >= 15 is 0 Å². The molecular formula is C21H13F3N4O5S. The number of nitrogens with zero attached hydrogens (tertiary/aromatic N) is 4. The first-order valence-electron chi connectivity index (χ1n) is 9.40. The van der Waals surface area contributed by atoms with Gasteiger partial charge in [0.15, 0.2) is 5.76 Å². The number of carbonyl (C=O) groups is 1. The molecule has 0 bridgehead atoms. The van der Waals surface area contributed by atoms with Gasteiger partial charge in [-0.25, -0.2) is 4.98 Å². The van der Waals surface area contributed by atoms with Crippen molar-refractivity contribution in [2.24, 2.45) is 5.10 Å². The van der Waals surface area contributed by atoms with Crippen LogP contribution < -0.4 is 9.75 Å². The first-order valence-corrected chi connectivity index (χ1v) is 10.2. The van der Waals surface area contributed by atoms with Gasteiger partial charge in [0.2, 0.25) is 5.13 Å². The van der Waals surface area contributed by atoms with Gasteiger partial charge in [0.25, 0.3) is 5.91 Å². The summed E-state index contributed by atoms with van der Waals surface area (Å²) in [6.45, 7) is 0. The molecule has 0 spiro atoms. The number of fused-ring (bicyclic) bond motifs is 1. The van der Waals surface area contributed by atoms with E-state index in [-0.39, 0.29) is 16.5 Å². The number of rotatable bonds is 6. The number of thiazole rings is 1. The van der Waals surface area contributed by atoms with Gasteiger partial charge in [-0.1, -0.05) is 17.4 Å². The van der Waals surface area contributed by atoms with Crippen molar-refractivity contribution in [3.05, 3.63) is 81.6 Å². The van der Waals surface area contributed by atoms with Crippen molar-refractivity contribution >= 4 is 44.7 Å². The fourth-order valence-corrected chi connectivity index (χ4v) is 3.82. The van der Waals surface area contributed by atoms with Crippen LogP contribution in [-0.2, 0) is 6.18 Å². The van der Waals surface area contributed by atoms with Gasteiger partial charge in [-0.15, -0.1) is 0 Å². The summed E-state index contributed by atoms with van der Waals surface area (Å²) in [4.78, 5) is 27.6. The monoisotopic (exact) mass is 490 g/mol. The summed E-state index contributed by atoms with van der Waals surface area (Å²) in [7, 11) is 1.49. The largest absolute Gasteiger partial charge is 0.497 e. The van der Waals surface area contributed by atoms with Gasteiger partial charge in [0.1, 0.15) is 10.7 Å². The lowest BCUT2D eigenvalue weighted by Crippen LogP contribution is -2.26. The summed E-state index contributed by atoms with van der Waals surface area (Å²) in [5, 5.41) is 15.7. The molecule has 174 valence electrons. The average molecular weight is 490 g/mol. The van der Waals surface area contributed by atoms with Crippen molar-refractivity contribution in [1.82, 2.24) is 4.98 Å². The highest BCUT2D eigenvalue weighted by molar-refractivity contribution is 7.22. The quantitative estimate of drug-likeness (QED) is 0.200. The number of nitro groups is 1. The Balaban J connectivity index is 1.77. The summed E-state index contributed by atoms with van der Waals surface area (Å²) in [6.07, 6.45) is -3.62. The lowest BCUT2D eigenvalue weighted by molar-refractivity contribution is -0.402. The van der Waals surface area contributed by atoms with E-state index in [1.807, 2.05) is 0 Å². The number of ether oxygens (including phenoxy) is 1. The van der Waals surface area contributed by atoms with E-state index in [0.29, 0.717) is 22.0 Å². The first kappa shape index (κ1) is 22.9. The number of methoxy groups -OCH3 is 1. The molecule has 0 aliphatic heterocycles. The van der Waals surface area contributed by atoms with Crippen LogP contribution in [0.4, 0.5) is 24.2 Å². The predicted octanol–water partition coefficient (Wildman–Crippen LogP) is 5.51. The Bertz CT molecular complexity index is 1410. The SMILES string of the molecule is COc1ccc2nc(N(/N=C/c3ccc([N+](=O)[O-])o3)C(=O)c3cccc(C(F)(F)F)c3)sc2c1. The Morgan fingerprint density at radius 3 is 2.71 bits per heavy atom. The third-order valence-electron chi connectivity index (χ3n) is 4.49. The van der Waals surface area contributed by atoms with Crippen LogP contribution in [0.5, 0.6) is 5.75 Å². The van der Waals surface area contributed by atoms with Crippen molar-refractivity contribution in [3.63, 3.8) is 0 Å². The standard InChI is InChI=1S/C21H13F3N4O5S/c1-32-14-5-7-16-17(10-14)34-20(26-16)27(25-11-15-6-8-18(33-15)28(30)31)19(29)12-3-2-4-13(9-12)21(22,23)24/h2-11H,1H3/b25-11+. The van der Waals surface area contributed by atoms with Gasteiger partial charge in [-0.3, -0.25) is 14.9 Å². The van der Waals surface area contributed by atoms with Crippen LogP contribution in [0.15, 0.2) is 64.1 Å². The Hall–Kier alpha value is -4.26. The van der Waals surface area contributed by atoms with Crippen LogP contribution in [0.1, 0.15) is 21.7 Å². The molecule has 34 heavy (non-hydrogen) atoms. The Morgan fingerprint density at radius 2 is 2.03 bits per heavy atom. The summed E-state index contributed by atoms with van der Waals surface area (Å²) < 4.78 is 50.3. The molecule has 1 amide bonds. The molecule has 0 unspecified atom stereocenters. The Morgan fingerprint density at radius 1 is 1.24 bits per heavy atom. The predicted molar refractivity (Wildman–Crippen MR) is 117 cm³/mol. The number of hydrogen-bond donors (Lipinski definition) is 0. The molecule has 0 N–H and O–H groups in total. The molecule has 9 nitrogen and oxygen atoms in total. The van der Waals surface area contributed by atoms with Crippen molar-refractivity contribution in [1.29, 1.82) is 0 Å². The van der Waals surface area contributed by atoms with Crippen LogP contribution in [0, 0.1) is 10.1 Å². The number of benzene rings is 2. The van der Waals surface area contributed by atoms with Crippen LogP contribution in [0.25, 0.3) is 10.2 Å². The van der Waals surface area contributed by atoms with Crippen LogP contribution in [0.3, 0.4) is 0 Å². The number of hydrazone groups is 1. The molecule has 0 fully saturated rings. The molecule has 0 saturated heterocycles. The zero-order valence-electron chi connectivity index (χ0n) is 17.1. The lowest BCUT2D eigenvalue weighted by atomic mass is 10.1. The molecule has 0 aliphatic rings. The second-order valence-corrected chi connectivity index (χ2v) is 7.71. The van der Waals surface area contributed by atoms with E-state index < -0.39 is 28.5 Å². The van der Waals surface area contributed by atoms with Crippen molar-refractivity contribution in [2.45, 2.75) is 6.18 Å². The minimum absolute atomic E-state index is 0.0451. The van der Waals surface area contributed by atoms with Crippen molar-refractivity contribution < 1.29 is 32.0 Å². The van der Waals surface area contributed by atoms with E-state index in [1.54, 1.807) is 18.2 Å². The van der Waals surface area contributed by atoms with Gasteiger partial charge in [-0.05, 0) is 42.5 Å². The van der Waals surface area contributed by atoms with E-state index in [4.69, 9.17) is 9.15 Å². The second-order valence-electron chi connectivity index (χ2n) is 6.70. The van der Waals surface area contributed by atoms with Gasteiger partial charge < -0.3 is 9.15 Å². The number of halogens is 3. The van der Waals surface area contributed by atoms with Crippen LogP contribution >= 0.6 is 11.3 Å². The average Bonchev–Trinajstić information content (AvgIpc) is 3.45. The summed E-state index contributed by atoms with van der Waals surface area (Å²) in [5.74, 6) is -0.931. The van der Waals surface area contributed by atoms with E-state index in [2.05, 4.69) is 10.1 Å². The summed E-state index contributed by atoms with van der Waals surface area (Å²) in [6, 6.07) is 11.2. The molecule has 0 saturated carbocycles. The zero-order valence-corrected chi connectivity index (χ0v) is 18.0. The van der Waals surface area contributed by atoms with Gasteiger partial charge >= 0.3 is 12.1 Å². The number of amides is 1. The van der Waals surface area contributed by atoms with E-state index in [9.17, 15) is 28.1 Å². The third kappa shape index (κ3) is 4.73. The van der Waals surface area contributed by atoms with Gasteiger partial charge in [-0.2, -0.15) is 23.3 Å². The van der Waals surface area contributed by atoms with Gasteiger partial charge in [0.05, 0.1) is 35.2 Å². The fraction of sp³-hybridized carbons (Fsp3) is 0.0952. The number of anilines is 1. The molecule has 2 aromatic heterocycles. The maximum absolute atomic E-state index is 13.2. The number of furan rings is 1. The normalized spacial score (nSPS) is 11.8. The molecule has 4 rings (SSSR count). The maximum Gasteiger partial charge on any atom is 0.433 e. The molecule has 0 atom stereocenters. The molecule has 2 aromatic carbocycles. The van der Waals surface area contributed by atoms with Gasteiger partial charge in [0, 0.05) is 5.56 Å². The Labute approximate surface area is 192 Å². The summed E-state index contributed by atoms with van der Waals surface area (Å²) >= 11 is 1.05. The Kier molecular flexibility index (Phi) is 6.03. The topological polar surface area (TPSA) is 111 Å². The zero-order chi connectivity index (χ0) is 24.5. The molecule has 2 heterocycles. The molecule has 13 heteroatoms. The number of alkyl halides is 3. The number of aromatic nitrogens is 1. The number of carbonyl (C=O) groups excluding carboxylic acids is 1. The fourth-order valence-electron chi connectivity index (χ4n) is 2.87. The molecule has 0 aliphatic carbocycles. The van der Waals surface area contributed by atoms with Crippen LogP contribution in [-0.4, -0.2) is 29.1 Å². The smallest absolute Gasteiger partial charge is 0.433 e. The second kappa shape index (κ2) is 8.94. The minimum atomic E-state index is -4.65. The first-order chi connectivity index (χ1) is 16.2. The highest BCUT2D eigenvalue weighted by atomic mass is 32.1. The van der Waals surface area contributed by atoms with E-state index in [0.717, 1.165) is 40.8 Å². The summed E-state index contributed by atoms with van der Waals surface area (Å²) in [5.41, 5.74) is -0.779. The molecular weight excluding hydrogens is 477 g/mol. The van der Waals surface area contributed by atoms with Crippen molar-refractivity contribution in [3.8, 4) is 5.75 Å². The van der Waals surface area contributed by atoms with Crippen LogP contribution in [0.2, 0.25) is 0 Å². The third-order valence-corrected chi connectivity index (χ3v) is 5.48. The van der Waals surface area contributed by atoms with Crippen molar-refractivity contribution in [2.75, 3.05) is 12.1 Å². The van der Waals surface area contributed by atoms with E-state index in [1.165, 1.54) is 19.2 Å². The minimum Gasteiger partial charge on any atom is -0.497 e. The highest BCUT2D eigenvalue weighted by Crippen LogP contribution is 2.34.